The zero-order chi connectivity index (χ0) is 19.4. The first-order chi connectivity index (χ1) is 13.0. The smallest absolute Gasteiger partial charge is 0.253 e. The number of fused-ring (bicyclic) bond motifs is 1. The predicted octanol–water partition coefficient (Wildman–Crippen LogP) is 3.51. The monoisotopic (exact) mass is 362 g/mol. The molecule has 2 aromatic carbocycles. The minimum atomic E-state index is 0.0448. The lowest BCUT2D eigenvalue weighted by Crippen LogP contribution is -2.34. The van der Waals surface area contributed by atoms with Crippen molar-refractivity contribution in [3.63, 3.8) is 0 Å². The van der Waals surface area contributed by atoms with E-state index in [0.29, 0.717) is 17.9 Å². The summed E-state index contributed by atoms with van der Waals surface area (Å²) in [5, 5.41) is 2.11. The van der Waals surface area contributed by atoms with Crippen molar-refractivity contribution >= 4 is 22.5 Å². The standard InChI is InChI=1S/C22H26N4O/c1-4-25(2)11-12-26(3)22(27)17-7-5-16(6-8-17)18-9-10-19-15-24-21(23)14-20(19)13-18/h5-10,13-15H,4,11-12H2,1-3H3,(H2,23,24). The summed E-state index contributed by atoms with van der Waals surface area (Å²) in [7, 11) is 3.90. The molecule has 1 amide bonds. The van der Waals surface area contributed by atoms with E-state index in [-0.39, 0.29) is 5.91 Å². The third-order valence-electron chi connectivity index (χ3n) is 4.91. The normalized spacial score (nSPS) is 11.1. The Balaban J connectivity index is 1.76. The Bertz CT molecular complexity index is 937. The van der Waals surface area contributed by atoms with Gasteiger partial charge in [0.05, 0.1) is 0 Å². The molecule has 0 spiro atoms. The van der Waals surface area contributed by atoms with Gasteiger partial charge in [-0.1, -0.05) is 31.2 Å². The number of rotatable bonds is 6. The SMILES string of the molecule is CCN(C)CCN(C)C(=O)c1ccc(-c2ccc3cnc(N)cc3c2)cc1. The van der Waals surface area contributed by atoms with Crippen LogP contribution in [0, 0.1) is 0 Å². The number of hydrogen-bond donors (Lipinski definition) is 1. The van der Waals surface area contributed by atoms with E-state index in [0.717, 1.165) is 35.0 Å². The summed E-state index contributed by atoms with van der Waals surface area (Å²) in [6, 6.07) is 15.8. The van der Waals surface area contributed by atoms with Crippen LogP contribution in [0.3, 0.4) is 0 Å². The average molecular weight is 362 g/mol. The summed E-state index contributed by atoms with van der Waals surface area (Å²) in [5.41, 5.74) is 8.65. The van der Waals surface area contributed by atoms with Gasteiger partial charge in [0, 0.05) is 37.3 Å². The second-order valence-electron chi connectivity index (χ2n) is 6.87. The Kier molecular flexibility index (Phi) is 5.72. The van der Waals surface area contributed by atoms with Crippen LogP contribution >= 0.6 is 0 Å². The van der Waals surface area contributed by atoms with Crippen molar-refractivity contribution in [2.24, 2.45) is 0 Å². The van der Waals surface area contributed by atoms with E-state index in [4.69, 9.17) is 5.73 Å². The van der Waals surface area contributed by atoms with Crippen molar-refractivity contribution in [2.45, 2.75) is 6.92 Å². The molecule has 0 aliphatic heterocycles. The van der Waals surface area contributed by atoms with Gasteiger partial charge in [-0.25, -0.2) is 4.98 Å². The van der Waals surface area contributed by atoms with Crippen molar-refractivity contribution in [3.05, 3.63) is 60.3 Å². The van der Waals surface area contributed by atoms with Crippen LogP contribution in [0.4, 0.5) is 5.82 Å². The van der Waals surface area contributed by atoms with E-state index in [1.165, 1.54) is 0 Å². The van der Waals surface area contributed by atoms with Gasteiger partial charge in [0.25, 0.3) is 5.91 Å². The highest BCUT2D eigenvalue weighted by Crippen LogP contribution is 2.25. The van der Waals surface area contributed by atoms with Gasteiger partial charge in [-0.05, 0) is 54.4 Å². The lowest BCUT2D eigenvalue weighted by atomic mass is 10.0. The highest BCUT2D eigenvalue weighted by Gasteiger charge is 2.12. The van der Waals surface area contributed by atoms with Gasteiger partial charge in [-0.15, -0.1) is 0 Å². The molecule has 0 aliphatic rings. The average Bonchev–Trinajstić information content (AvgIpc) is 2.70. The molecule has 0 bridgehead atoms. The Labute approximate surface area is 160 Å². The van der Waals surface area contributed by atoms with Gasteiger partial charge in [0.2, 0.25) is 0 Å². The Hall–Kier alpha value is -2.92. The zero-order valence-electron chi connectivity index (χ0n) is 16.1. The molecular weight excluding hydrogens is 336 g/mol. The molecule has 0 saturated carbocycles. The van der Waals surface area contributed by atoms with Crippen molar-refractivity contribution in [2.75, 3.05) is 39.5 Å². The number of nitrogens with two attached hydrogens (primary N) is 1. The van der Waals surface area contributed by atoms with Crippen LogP contribution in [0.15, 0.2) is 54.7 Å². The van der Waals surface area contributed by atoms with E-state index in [9.17, 15) is 4.79 Å². The minimum absolute atomic E-state index is 0.0448. The molecule has 0 atom stereocenters. The fourth-order valence-corrected chi connectivity index (χ4v) is 2.94. The maximum Gasteiger partial charge on any atom is 0.253 e. The summed E-state index contributed by atoms with van der Waals surface area (Å²) in [4.78, 5) is 20.7. The predicted molar refractivity (Wildman–Crippen MR) is 112 cm³/mol. The lowest BCUT2D eigenvalue weighted by Gasteiger charge is -2.21. The van der Waals surface area contributed by atoms with E-state index < -0.39 is 0 Å². The van der Waals surface area contributed by atoms with Gasteiger partial charge in [0.1, 0.15) is 5.82 Å². The van der Waals surface area contributed by atoms with Crippen molar-refractivity contribution in [3.8, 4) is 11.1 Å². The molecule has 5 nitrogen and oxygen atoms in total. The van der Waals surface area contributed by atoms with Crippen molar-refractivity contribution in [1.29, 1.82) is 0 Å². The topological polar surface area (TPSA) is 62.5 Å². The van der Waals surface area contributed by atoms with Gasteiger partial charge in [0.15, 0.2) is 0 Å². The maximum absolute atomic E-state index is 12.6. The molecule has 0 fully saturated rings. The van der Waals surface area contributed by atoms with Gasteiger partial charge in [-0.2, -0.15) is 0 Å². The number of aromatic nitrogens is 1. The zero-order valence-corrected chi connectivity index (χ0v) is 16.1. The Morgan fingerprint density at radius 1 is 0.963 bits per heavy atom. The summed E-state index contributed by atoms with van der Waals surface area (Å²) in [5.74, 6) is 0.556. The number of carbonyl (C=O) groups is 1. The second-order valence-corrected chi connectivity index (χ2v) is 6.87. The molecule has 0 radical (unpaired) electrons. The van der Waals surface area contributed by atoms with E-state index in [1.807, 2.05) is 43.4 Å². The van der Waals surface area contributed by atoms with Crippen LogP contribution in [0.5, 0.6) is 0 Å². The molecular formula is C22H26N4O. The highest BCUT2D eigenvalue weighted by molar-refractivity contribution is 5.95. The van der Waals surface area contributed by atoms with Crippen LogP contribution < -0.4 is 5.73 Å². The van der Waals surface area contributed by atoms with Crippen LogP contribution in [0.2, 0.25) is 0 Å². The first-order valence-corrected chi connectivity index (χ1v) is 9.17. The van der Waals surface area contributed by atoms with Crippen LogP contribution in [0.25, 0.3) is 21.9 Å². The number of carbonyl (C=O) groups excluding carboxylic acids is 1. The molecule has 2 N–H and O–H groups in total. The maximum atomic E-state index is 12.6. The summed E-state index contributed by atoms with van der Waals surface area (Å²) in [6.07, 6.45) is 1.78. The van der Waals surface area contributed by atoms with Crippen LogP contribution in [-0.4, -0.2) is 54.4 Å². The van der Waals surface area contributed by atoms with Crippen LogP contribution in [-0.2, 0) is 0 Å². The summed E-state index contributed by atoms with van der Waals surface area (Å²) < 4.78 is 0. The van der Waals surface area contributed by atoms with Crippen molar-refractivity contribution in [1.82, 2.24) is 14.8 Å². The van der Waals surface area contributed by atoms with Gasteiger partial charge < -0.3 is 15.5 Å². The first-order valence-electron chi connectivity index (χ1n) is 9.17. The number of amides is 1. The highest BCUT2D eigenvalue weighted by atomic mass is 16.2. The Morgan fingerprint density at radius 2 is 1.67 bits per heavy atom. The molecule has 27 heavy (non-hydrogen) atoms. The van der Waals surface area contributed by atoms with Gasteiger partial charge in [-0.3, -0.25) is 4.79 Å². The fourth-order valence-electron chi connectivity index (χ4n) is 2.94. The molecule has 140 valence electrons. The lowest BCUT2D eigenvalue weighted by molar-refractivity contribution is 0.0783. The second kappa shape index (κ2) is 8.18. The number of likely N-dealkylation sites (N-methyl/N-ethyl adjacent to an activating group) is 2. The van der Waals surface area contributed by atoms with E-state index in [1.54, 1.807) is 11.1 Å². The number of benzene rings is 2. The van der Waals surface area contributed by atoms with E-state index in [2.05, 4.69) is 36.0 Å². The largest absolute Gasteiger partial charge is 0.384 e. The number of nitrogens with zero attached hydrogens (tertiary/aromatic N) is 3. The molecule has 3 aromatic rings. The molecule has 0 unspecified atom stereocenters. The first kappa shape index (κ1) is 18.9. The third-order valence-corrected chi connectivity index (χ3v) is 4.91. The molecule has 0 aliphatic carbocycles. The van der Waals surface area contributed by atoms with Gasteiger partial charge >= 0.3 is 0 Å². The number of anilines is 1. The van der Waals surface area contributed by atoms with E-state index >= 15 is 0 Å². The molecule has 0 saturated heterocycles. The molecule has 1 aromatic heterocycles. The molecule has 5 heteroatoms. The third kappa shape index (κ3) is 4.44. The quantitative estimate of drug-likeness (QED) is 0.729. The number of nitrogen functional groups attached to an aromatic ring is 1. The molecule has 3 rings (SSSR count). The Morgan fingerprint density at radius 3 is 2.37 bits per heavy atom. The number of pyridine rings is 1. The summed E-state index contributed by atoms with van der Waals surface area (Å²) in [6.45, 7) is 4.67. The van der Waals surface area contributed by atoms with Crippen LogP contribution in [0.1, 0.15) is 17.3 Å². The number of hydrogen-bond acceptors (Lipinski definition) is 4. The molecule has 1 heterocycles. The summed E-state index contributed by atoms with van der Waals surface area (Å²) >= 11 is 0. The van der Waals surface area contributed by atoms with Crippen molar-refractivity contribution < 1.29 is 4.79 Å². The fraction of sp³-hybridized carbons (Fsp3) is 0.273. The minimum Gasteiger partial charge on any atom is -0.384 e.